The van der Waals surface area contributed by atoms with Crippen LogP contribution in [0.5, 0.6) is 17.2 Å². The van der Waals surface area contributed by atoms with Gasteiger partial charge in [0, 0.05) is 6.07 Å². The highest BCUT2D eigenvalue weighted by molar-refractivity contribution is 6.14. The normalized spacial score (nSPS) is 13.9. The van der Waals surface area contributed by atoms with E-state index in [9.17, 15) is 9.59 Å². The van der Waals surface area contributed by atoms with Crippen LogP contribution in [0.15, 0.2) is 48.2 Å². The number of allylic oxidation sites excluding steroid dienone is 1. The highest BCUT2D eigenvalue weighted by Crippen LogP contribution is 2.35. The molecule has 6 nitrogen and oxygen atoms in total. The van der Waals surface area contributed by atoms with Gasteiger partial charge in [0.2, 0.25) is 5.78 Å². The predicted octanol–water partition coefficient (Wildman–Crippen LogP) is 3.25. The molecule has 0 spiro atoms. The number of carbonyl (C=O) groups excluding carboxylic acids is 2. The third kappa shape index (κ3) is 3.85. The number of Topliss-reactive ketones (excluding diaryl/α,β-unsaturated/α-hetero) is 1. The number of methoxy groups -OCH3 is 1. The summed E-state index contributed by atoms with van der Waals surface area (Å²) in [6, 6.07) is 12.1. The SMILES string of the molecule is CCOC(=O)COc1ccc2c(c1)OC(=Cc1cccc(OC)c1)C2=O. The Balaban J connectivity index is 1.76. The molecule has 0 aromatic heterocycles. The fourth-order valence-electron chi connectivity index (χ4n) is 2.48. The van der Waals surface area contributed by atoms with E-state index in [1.807, 2.05) is 18.2 Å². The Kier molecular flexibility index (Phi) is 5.22. The van der Waals surface area contributed by atoms with E-state index in [4.69, 9.17) is 18.9 Å². The quantitative estimate of drug-likeness (QED) is 0.586. The van der Waals surface area contributed by atoms with Gasteiger partial charge in [-0.25, -0.2) is 4.79 Å². The largest absolute Gasteiger partial charge is 0.497 e. The molecule has 26 heavy (non-hydrogen) atoms. The van der Waals surface area contributed by atoms with Gasteiger partial charge in [-0.05, 0) is 42.8 Å². The third-order valence-electron chi connectivity index (χ3n) is 3.69. The summed E-state index contributed by atoms with van der Waals surface area (Å²) in [6.45, 7) is 1.82. The first-order valence-electron chi connectivity index (χ1n) is 8.11. The lowest BCUT2D eigenvalue weighted by Crippen LogP contribution is -2.14. The van der Waals surface area contributed by atoms with Crippen molar-refractivity contribution in [1.82, 2.24) is 0 Å². The lowest BCUT2D eigenvalue weighted by Gasteiger charge is -2.06. The molecule has 0 amide bonds. The summed E-state index contributed by atoms with van der Waals surface area (Å²) in [5.74, 6) is 1.06. The second kappa shape index (κ2) is 7.74. The zero-order valence-electron chi connectivity index (χ0n) is 14.5. The maximum Gasteiger partial charge on any atom is 0.344 e. The van der Waals surface area contributed by atoms with Crippen molar-refractivity contribution in [2.24, 2.45) is 0 Å². The summed E-state index contributed by atoms with van der Waals surface area (Å²) in [5.41, 5.74) is 1.24. The molecular weight excluding hydrogens is 336 g/mol. The van der Waals surface area contributed by atoms with Gasteiger partial charge in [-0.15, -0.1) is 0 Å². The van der Waals surface area contributed by atoms with Crippen LogP contribution in [0, 0.1) is 0 Å². The topological polar surface area (TPSA) is 71.1 Å². The van der Waals surface area contributed by atoms with Crippen molar-refractivity contribution in [3.05, 3.63) is 59.4 Å². The number of ether oxygens (including phenoxy) is 4. The minimum absolute atomic E-state index is 0.201. The van der Waals surface area contributed by atoms with Crippen LogP contribution in [0.25, 0.3) is 6.08 Å². The van der Waals surface area contributed by atoms with Crippen LogP contribution in [0.2, 0.25) is 0 Å². The minimum Gasteiger partial charge on any atom is -0.497 e. The fourth-order valence-corrected chi connectivity index (χ4v) is 2.48. The Morgan fingerprint density at radius 2 is 2.00 bits per heavy atom. The molecule has 0 saturated carbocycles. The van der Waals surface area contributed by atoms with E-state index < -0.39 is 5.97 Å². The third-order valence-corrected chi connectivity index (χ3v) is 3.69. The van der Waals surface area contributed by atoms with Crippen LogP contribution >= 0.6 is 0 Å². The van der Waals surface area contributed by atoms with Crippen molar-refractivity contribution in [1.29, 1.82) is 0 Å². The van der Waals surface area contributed by atoms with E-state index in [1.165, 1.54) is 0 Å². The lowest BCUT2D eigenvalue weighted by atomic mass is 10.1. The summed E-state index contributed by atoms with van der Waals surface area (Å²) >= 11 is 0. The molecule has 0 atom stereocenters. The molecule has 2 aromatic carbocycles. The van der Waals surface area contributed by atoms with Gasteiger partial charge in [0.15, 0.2) is 12.4 Å². The molecule has 3 rings (SSSR count). The van der Waals surface area contributed by atoms with Gasteiger partial charge >= 0.3 is 5.97 Å². The molecule has 1 aliphatic rings. The molecule has 0 saturated heterocycles. The number of fused-ring (bicyclic) bond motifs is 1. The van der Waals surface area contributed by atoms with E-state index in [-0.39, 0.29) is 18.1 Å². The Morgan fingerprint density at radius 1 is 1.15 bits per heavy atom. The van der Waals surface area contributed by atoms with Crippen LogP contribution < -0.4 is 14.2 Å². The number of ketones is 1. The zero-order valence-corrected chi connectivity index (χ0v) is 14.5. The van der Waals surface area contributed by atoms with E-state index >= 15 is 0 Å². The number of benzene rings is 2. The van der Waals surface area contributed by atoms with E-state index in [0.717, 1.165) is 5.56 Å². The molecule has 134 valence electrons. The van der Waals surface area contributed by atoms with Crippen LogP contribution in [0.4, 0.5) is 0 Å². The van der Waals surface area contributed by atoms with Gasteiger partial charge in [-0.1, -0.05) is 12.1 Å². The summed E-state index contributed by atoms with van der Waals surface area (Å²) in [7, 11) is 1.58. The Bertz CT molecular complexity index is 868. The highest BCUT2D eigenvalue weighted by atomic mass is 16.6. The second-order valence-corrected chi connectivity index (χ2v) is 5.47. The van der Waals surface area contributed by atoms with Crippen LogP contribution in [-0.4, -0.2) is 32.1 Å². The highest BCUT2D eigenvalue weighted by Gasteiger charge is 2.27. The first-order chi connectivity index (χ1) is 12.6. The van der Waals surface area contributed by atoms with E-state index in [1.54, 1.807) is 44.4 Å². The molecule has 0 fully saturated rings. The fraction of sp³-hybridized carbons (Fsp3) is 0.200. The van der Waals surface area contributed by atoms with Crippen LogP contribution in [0.3, 0.4) is 0 Å². The van der Waals surface area contributed by atoms with E-state index in [0.29, 0.717) is 29.4 Å². The van der Waals surface area contributed by atoms with Crippen molar-refractivity contribution < 1.29 is 28.5 Å². The van der Waals surface area contributed by atoms with Crippen LogP contribution in [-0.2, 0) is 9.53 Å². The molecule has 2 aromatic rings. The van der Waals surface area contributed by atoms with Gasteiger partial charge in [-0.2, -0.15) is 0 Å². The molecule has 6 heteroatoms. The second-order valence-electron chi connectivity index (χ2n) is 5.47. The molecular formula is C20H18O6. The maximum absolute atomic E-state index is 12.5. The first-order valence-corrected chi connectivity index (χ1v) is 8.11. The summed E-state index contributed by atoms with van der Waals surface area (Å²) in [6.07, 6.45) is 1.66. The number of hydrogen-bond acceptors (Lipinski definition) is 6. The van der Waals surface area contributed by atoms with Gasteiger partial charge < -0.3 is 18.9 Å². The standard InChI is InChI=1S/C20H18O6/c1-3-24-19(21)12-25-15-7-8-16-17(11-15)26-18(20(16)22)10-13-5-4-6-14(9-13)23-2/h4-11H,3,12H2,1-2H3. The molecule has 1 aliphatic heterocycles. The maximum atomic E-state index is 12.5. The first kappa shape index (κ1) is 17.5. The molecule has 0 bridgehead atoms. The number of rotatable bonds is 6. The van der Waals surface area contributed by atoms with Crippen LogP contribution in [0.1, 0.15) is 22.8 Å². The van der Waals surface area contributed by atoms with Crippen molar-refractivity contribution in [3.8, 4) is 17.2 Å². The van der Waals surface area contributed by atoms with Crippen molar-refractivity contribution in [2.45, 2.75) is 6.92 Å². The Labute approximate surface area is 150 Å². The van der Waals surface area contributed by atoms with Gasteiger partial charge in [-0.3, -0.25) is 4.79 Å². The molecule has 0 N–H and O–H groups in total. The Morgan fingerprint density at radius 3 is 2.77 bits per heavy atom. The smallest absolute Gasteiger partial charge is 0.344 e. The number of hydrogen-bond donors (Lipinski definition) is 0. The van der Waals surface area contributed by atoms with Crippen molar-refractivity contribution in [2.75, 3.05) is 20.3 Å². The average Bonchev–Trinajstić information content (AvgIpc) is 2.95. The summed E-state index contributed by atoms with van der Waals surface area (Å²) < 4.78 is 21.0. The van der Waals surface area contributed by atoms with Gasteiger partial charge in [0.25, 0.3) is 0 Å². The van der Waals surface area contributed by atoms with Crippen molar-refractivity contribution in [3.63, 3.8) is 0 Å². The number of esters is 1. The lowest BCUT2D eigenvalue weighted by molar-refractivity contribution is -0.145. The summed E-state index contributed by atoms with van der Waals surface area (Å²) in [4.78, 5) is 23.8. The number of carbonyl (C=O) groups is 2. The van der Waals surface area contributed by atoms with Gasteiger partial charge in [0.1, 0.15) is 17.2 Å². The molecule has 1 heterocycles. The Hall–Kier alpha value is -3.28. The monoisotopic (exact) mass is 354 g/mol. The molecule has 0 aliphatic carbocycles. The van der Waals surface area contributed by atoms with Crippen molar-refractivity contribution >= 4 is 17.8 Å². The molecule has 0 unspecified atom stereocenters. The summed E-state index contributed by atoms with van der Waals surface area (Å²) in [5, 5.41) is 0. The zero-order chi connectivity index (χ0) is 18.5. The average molecular weight is 354 g/mol. The minimum atomic E-state index is -0.455. The molecule has 0 radical (unpaired) electrons. The van der Waals surface area contributed by atoms with Gasteiger partial charge in [0.05, 0.1) is 19.3 Å². The predicted molar refractivity (Wildman–Crippen MR) is 94.5 cm³/mol. The van der Waals surface area contributed by atoms with E-state index in [2.05, 4.69) is 0 Å².